The van der Waals surface area contributed by atoms with E-state index in [0.717, 1.165) is 0 Å². The second-order valence-corrected chi connectivity index (χ2v) is 8.96. The summed E-state index contributed by atoms with van der Waals surface area (Å²) in [5.74, 6) is 0. The minimum Gasteiger partial charge on any atom is -0.323 e. The van der Waals surface area contributed by atoms with Gasteiger partial charge in [0.1, 0.15) is 0 Å². The van der Waals surface area contributed by atoms with Gasteiger partial charge in [-0.1, -0.05) is 0 Å². The molecule has 80 valence electrons. The van der Waals surface area contributed by atoms with Gasteiger partial charge in [-0.25, -0.2) is 8.42 Å². The van der Waals surface area contributed by atoms with Gasteiger partial charge in [0.05, 0.1) is 0 Å². The van der Waals surface area contributed by atoms with Crippen LogP contribution in [0.2, 0.25) is 0 Å². The van der Waals surface area contributed by atoms with E-state index in [0.29, 0.717) is 6.26 Å². The summed E-state index contributed by atoms with van der Waals surface area (Å²) in [6, 6.07) is 0. The van der Waals surface area contributed by atoms with Gasteiger partial charge in [0.2, 0.25) is 0 Å². The quantitative estimate of drug-likeness (QED) is 0.452. The van der Waals surface area contributed by atoms with Gasteiger partial charge in [-0.2, -0.15) is 0 Å². The molecule has 0 saturated heterocycles. The van der Waals surface area contributed by atoms with Crippen molar-refractivity contribution in [2.75, 3.05) is 6.26 Å². The monoisotopic (exact) mass is 254 g/mol. The molecule has 0 spiro atoms. The van der Waals surface area contributed by atoms with Gasteiger partial charge >= 0.3 is 15.2 Å². The Morgan fingerprint density at radius 3 is 1.23 bits per heavy atom. The van der Waals surface area contributed by atoms with E-state index in [4.69, 9.17) is 19.6 Å². The van der Waals surface area contributed by atoms with Crippen LogP contribution in [0.25, 0.3) is 0 Å². The molecule has 0 aromatic carbocycles. The largest absolute Gasteiger partial charge is 0.356 e. The van der Waals surface area contributed by atoms with Crippen molar-refractivity contribution in [1.29, 1.82) is 0 Å². The predicted octanol–water partition coefficient (Wildman–Crippen LogP) is -1.33. The fourth-order valence-electron chi connectivity index (χ4n) is 0.695. The number of sulfone groups is 1. The van der Waals surface area contributed by atoms with Gasteiger partial charge in [0, 0.05) is 6.26 Å². The minimum absolute atomic E-state index is 0.343. The van der Waals surface area contributed by atoms with Crippen molar-refractivity contribution in [1.82, 2.24) is 0 Å². The first-order valence-electron chi connectivity index (χ1n) is 2.66. The van der Waals surface area contributed by atoms with Crippen molar-refractivity contribution >= 4 is 25.0 Å². The average molecular weight is 254 g/mol. The summed E-state index contributed by atoms with van der Waals surface area (Å²) in [7, 11) is -15.2. The number of hydrogen-bond donors (Lipinski definition) is 4. The van der Waals surface area contributed by atoms with Gasteiger partial charge in [0.15, 0.2) is 9.84 Å². The van der Waals surface area contributed by atoms with E-state index >= 15 is 0 Å². The topological polar surface area (TPSA) is 149 Å². The van der Waals surface area contributed by atoms with E-state index in [1.165, 1.54) is 0 Å². The van der Waals surface area contributed by atoms with Crippen molar-refractivity contribution < 1.29 is 37.1 Å². The Labute approximate surface area is 73.8 Å². The molecule has 8 nitrogen and oxygen atoms in total. The molecule has 0 unspecified atom stereocenters. The Bertz CT molecular complexity index is 347. The number of rotatable bonds is 3. The van der Waals surface area contributed by atoms with Crippen LogP contribution in [0.5, 0.6) is 0 Å². The summed E-state index contributed by atoms with van der Waals surface area (Å²) >= 11 is 0. The molecule has 0 bridgehead atoms. The molecule has 4 N–H and O–H groups in total. The summed E-state index contributed by atoms with van der Waals surface area (Å²) in [6.07, 6.45) is 0.343. The molecule has 0 aromatic heterocycles. The zero-order valence-corrected chi connectivity index (χ0v) is 8.91. The van der Waals surface area contributed by atoms with Crippen LogP contribution in [-0.2, 0) is 19.0 Å². The lowest BCUT2D eigenvalue weighted by Gasteiger charge is -2.16. The van der Waals surface area contributed by atoms with Gasteiger partial charge < -0.3 is 19.6 Å². The molecule has 0 heterocycles. The van der Waals surface area contributed by atoms with Crippen LogP contribution < -0.4 is 0 Å². The Morgan fingerprint density at radius 2 is 1.23 bits per heavy atom. The van der Waals surface area contributed by atoms with Crippen LogP contribution in [0.1, 0.15) is 0 Å². The lowest BCUT2D eigenvalue weighted by Crippen LogP contribution is -2.20. The molecular formula is C2H8O8P2S. The van der Waals surface area contributed by atoms with Crippen molar-refractivity contribution in [3.05, 3.63) is 0 Å². The van der Waals surface area contributed by atoms with Crippen molar-refractivity contribution in [2.24, 2.45) is 0 Å². The van der Waals surface area contributed by atoms with Crippen LogP contribution in [0, 0.1) is 0 Å². The van der Waals surface area contributed by atoms with Crippen LogP contribution >= 0.6 is 15.2 Å². The lowest BCUT2D eigenvalue weighted by atomic mass is 11.8. The molecule has 13 heavy (non-hydrogen) atoms. The highest BCUT2D eigenvalue weighted by molar-refractivity contribution is 8.05. The first-order chi connectivity index (χ1) is 5.37. The summed E-state index contributed by atoms with van der Waals surface area (Å²) < 4.78 is 39.2. The van der Waals surface area contributed by atoms with E-state index in [1.54, 1.807) is 0 Å². The standard InChI is InChI=1S/C2H8O8P2S/c1-13(9,10)2(11(3,4)5)12(6,7)8/h2H,1H3,(H2,3,4,5)(H2,6,7,8). The first kappa shape index (κ1) is 13.2. The van der Waals surface area contributed by atoms with Gasteiger partial charge in [-0.15, -0.1) is 0 Å². The third-order valence-corrected chi connectivity index (χ3v) is 8.63. The second kappa shape index (κ2) is 3.43. The molecule has 0 aliphatic carbocycles. The maximum atomic E-state index is 10.6. The van der Waals surface area contributed by atoms with Crippen LogP contribution in [0.3, 0.4) is 0 Å². The molecule has 0 aliphatic rings. The summed E-state index contributed by atoms with van der Waals surface area (Å²) in [6.45, 7) is 0. The van der Waals surface area contributed by atoms with Crippen LogP contribution in [0.15, 0.2) is 0 Å². The molecule has 0 fully saturated rings. The molecule has 0 amide bonds. The maximum absolute atomic E-state index is 10.6. The smallest absolute Gasteiger partial charge is 0.323 e. The van der Waals surface area contributed by atoms with Crippen LogP contribution in [-0.4, -0.2) is 39.0 Å². The maximum Gasteiger partial charge on any atom is 0.356 e. The first-order valence-corrected chi connectivity index (χ1v) is 7.98. The predicted molar refractivity (Wildman–Crippen MR) is 42.7 cm³/mol. The van der Waals surface area contributed by atoms with Crippen molar-refractivity contribution in [3.63, 3.8) is 0 Å². The van der Waals surface area contributed by atoms with E-state index in [1.807, 2.05) is 0 Å². The van der Waals surface area contributed by atoms with Crippen molar-refractivity contribution in [3.8, 4) is 0 Å². The third-order valence-electron chi connectivity index (χ3n) is 0.958. The van der Waals surface area contributed by atoms with E-state index in [2.05, 4.69) is 0 Å². The van der Waals surface area contributed by atoms with Gasteiger partial charge in [0.25, 0.3) is 4.73 Å². The van der Waals surface area contributed by atoms with E-state index in [9.17, 15) is 17.5 Å². The van der Waals surface area contributed by atoms with Gasteiger partial charge in [-0.3, -0.25) is 9.13 Å². The SMILES string of the molecule is CS(=O)(=O)C(P(=O)(O)O)P(=O)(O)O. The Kier molecular flexibility index (Phi) is 3.50. The fraction of sp³-hybridized carbons (Fsp3) is 1.00. The molecular weight excluding hydrogens is 246 g/mol. The van der Waals surface area contributed by atoms with Crippen molar-refractivity contribution in [2.45, 2.75) is 4.73 Å². The molecule has 0 aromatic rings. The summed E-state index contributed by atoms with van der Waals surface area (Å²) in [4.78, 5) is 33.6. The van der Waals surface area contributed by atoms with E-state index in [-0.39, 0.29) is 0 Å². The minimum atomic E-state index is -5.37. The molecule has 0 rings (SSSR count). The second-order valence-electron chi connectivity index (χ2n) is 2.33. The highest BCUT2D eigenvalue weighted by Gasteiger charge is 2.51. The highest BCUT2D eigenvalue weighted by Crippen LogP contribution is 2.61. The normalized spacial score (nSPS) is 14.9. The molecule has 0 saturated carbocycles. The highest BCUT2D eigenvalue weighted by atomic mass is 32.2. The number of hydrogen-bond acceptors (Lipinski definition) is 4. The Morgan fingerprint density at radius 1 is 1.00 bits per heavy atom. The molecule has 0 atom stereocenters. The molecule has 0 radical (unpaired) electrons. The average Bonchev–Trinajstić information content (AvgIpc) is 1.44. The Hall–Kier alpha value is 0.250. The zero-order chi connectivity index (χ0) is 11.1. The lowest BCUT2D eigenvalue weighted by molar-refractivity contribution is 0.350. The molecule has 11 heteroatoms. The molecule has 0 aliphatic heterocycles. The van der Waals surface area contributed by atoms with Crippen LogP contribution in [0.4, 0.5) is 0 Å². The zero-order valence-electron chi connectivity index (χ0n) is 6.30. The van der Waals surface area contributed by atoms with E-state index < -0.39 is 29.8 Å². The van der Waals surface area contributed by atoms with Gasteiger partial charge in [-0.05, 0) is 0 Å². The summed E-state index contributed by atoms with van der Waals surface area (Å²) in [5, 5.41) is 0. The summed E-state index contributed by atoms with van der Waals surface area (Å²) in [5.41, 5.74) is 0. The Balaban J connectivity index is 5.56. The third kappa shape index (κ3) is 3.86. The fourth-order valence-corrected chi connectivity index (χ4v) is 6.25.